The Morgan fingerprint density at radius 2 is 1.92 bits per heavy atom. The van der Waals surface area contributed by atoms with Gasteiger partial charge in [-0.1, -0.05) is 13.0 Å². The van der Waals surface area contributed by atoms with Gasteiger partial charge in [0.25, 0.3) is 5.91 Å². The summed E-state index contributed by atoms with van der Waals surface area (Å²) in [5.41, 5.74) is 1.84. The van der Waals surface area contributed by atoms with Crippen molar-refractivity contribution in [1.82, 2.24) is 4.98 Å². The molecule has 2 heterocycles. The van der Waals surface area contributed by atoms with Crippen molar-refractivity contribution in [3.8, 4) is 0 Å². The van der Waals surface area contributed by atoms with Crippen LogP contribution in [0.1, 0.15) is 37.0 Å². The van der Waals surface area contributed by atoms with Crippen LogP contribution < -0.4 is 15.5 Å². The van der Waals surface area contributed by atoms with Crippen molar-refractivity contribution in [3.63, 3.8) is 0 Å². The summed E-state index contributed by atoms with van der Waals surface area (Å²) in [6.07, 6.45) is 4.06. The van der Waals surface area contributed by atoms with E-state index in [0.717, 1.165) is 25.3 Å². The summed E-state index contributed by atoms with van der Waals surface area (Å²) in [6, 6.07) is 10.6. The summed E-state index contributed by atoms with van der Waals surface area (Å²) in [4.78, 5) is 30.4. The van der Waals surface area contributed by atoms with E-state index in [0.29, 0.717) is 22.9 Å². The lowest BCUT2D eigenvalue weighted by Gasteiger charge is -2.31. The number of amides is 2. The highest BCUT2D eigenvalue weighted by Crippen LogP contribution is 2.22. The molecule has 1 aliphatic heterocycles. The maximum Gasteiger partial charge on any atom is 0.255 e. The van der Waals surface area contributed by atoms with Gasteiger partial charge >= 0.3 is 0 Å². The number of carbonyl (C=O) groups is 2. The van der Waals surface area contributed by atoms with E-state index in [-0.39, 0.29) is 11.8 Å². The Hall–Kier alpha value is -2.89. The Balaban J connectivity index is 1.72. The SMILES string of the molecule is CC(=O)Nc1cccc(NC(=O)c2ccnc(N3CCCC(C)C3)c2)c1. The van der Waals surface area contributed by atoms with E-state index in [2.05, 4.69) is 27.4 Å². The molecule has 6 nitrogen and oxygen atoms in total. The number of carbonyl (C=O) groups excluding carboxylic acids is 2. The Bertz CT molecular complexity index is 806. The lowest BCUT2D eigenvalue weighted by Crippen LogP contribution is -2.34. The number of hydrogen-bond donors (Lipinski definition) is 2. The van der Waals surface area contributed by atoms with Crippen LogP contribution in [0.15, 0.2) is 42.6 Å². The van der Waals surface area contributed by atoms with Crippen molar-refractivity contribution in [2.45, 2.75) is 26.7 Å². The minimum absolute atomic E-state index is 0.150. The molecule has 26 heavy (non-hydrogen) atoms. The van der Waals surface area contributed by atoms with Crippen LogP contribution in [0.4, 0.5) is 17.2 Å². The quantitative estimate of drug-likeness (QED) is 0.883. The van der Waals surface area contributed by atoms with E-state index >= 15 is 0 Å². The van der Waals surface area contributed by atoms with Gasteiger partial charge in [-0.3, -0.25) is 9.59 Å². The molecule has 3 rings (SSSR count). The summed E-state index contributed by atoms with van der Waals surface area (Å²) in [7, 11) is 0. The molecule has 0 saturated carbocycles. The zero-order chi connectivity index (χ0) is 18.5. The maximum atomic E-state index is 12.6. The van der Waals surface area contributed by atoms with Gasteiger partial charge in [0, 0.05) is 43.1 Å². The van der Waals surface area contributed by atoms with Gasteiger partial charge in [0.05, 0.1) is 0 Å². The van der Waals surface area contributed by atoms with E-state index in [4.69, 9.17) is 0 Å². The molecule has 0 radical (unpaired) electrons. The minimum atomic E-state index is -0.196. The largest absolute Gasteiger partial charge is 0.356 e. The molecule has 0 aliphatic carbocycles. The zero-order valence-corrected chi connectivity index (χ0v) is 15.2. The Kier molecular flexibility index (Phi) is 5.51. The van der Waals surface area contributed by atoms with Crippen molar-refractivity contribution >= 4 is 29.0 Å². The second-order valence-corrected chi connectivity index (χ2v) is 6.81. The van der Waals surface area contributed by atoms with Crippen molar-refractivity contribution in [2.75, 3.05) is 28.6 Å². The molecule has 6 heteroatoms. The Morgan fingerprint density at radius 1 is 1.15 bits per heavy atom. The number of benzene rings is 1. The van der Waals surface area contributed by atoms with Crippen LogP contribution in [0.2, 0.25) is 0 Å². The fraction of sp³-hybridized carbons (Fsp3) is 0.350. The Labute approximate surface area is 153 Å². The van der Waals surface area contributed by atoms with E-state index < -0.39 is 0 Å². The second kappa shape index (κ2) is 7.99. The average molecular weight is 352 g/mol. The molecule has 1 fully saturated rings. The lowest BCUT2D eigenvalue weighted by molar-refractivity contribution is -0.114. The van der Waals surface area contributed by atoms with Crippen LogP contribution in [0.5, 0.6) is 0 Å². The summed E-state index contributed by atoms with van der Waals surface area (Å²) in [6.45, 7) is 5.63. The van der Waals surface area contributed by atoms with Crippen LogP contribution in [-0.2, 0) is 4.79 Å². The summed E-state index contributed by atoms with van der Waals surface area (Å²) < 4.78 is 0. The van der Waals surface area contributed by atoms with E-state index in [1.807, 2.05) is 6.07 Å². The van der Waals surface area contributed by atoms with Gasteiger partial charge in [0.2, 0.25) is 5.91 Å². The van der Waals surface area contributed by atoms with E-state index in [1.165, 1.54) is 13.3 Å². The first-order chi connectivity index (χ1) is 12.5. The third-order valence-corrected chi connectivity index (χ3v) is 4.43. The van der Waals surface area contributed by atoms with Crippen LogP contribution in [-0.4, -0.2) is 29.9 Å². The van der Waals surface area contributed by atoms with E-state index in [9.17, 15) is 9.59 Å². The van der Waals surface area contributed by atoms with Crippen LogP contribution in [0.25, 0.3) is 0 Å². The fourth-order valence-corrected chi connectivity index (χ4v) is 3.21. The standard InChI is InChI=1S/C20H24N4O2/c1-14-5-4-10-24(13-14)19-11-16(8-9-21-19)20(26)23-18-7-3-6-17(12-18)22-15(2)25/h3,6-9,11-12,14H,4-5,10,13H2,1-2H3,(H,22,25)(H,23,26). The predicted octanol–water partition coefficient (Wildman–Crippen LogP) is 3.53. The number of anilines is 3. The first kappa shape index (κ1) is 17.9. The topological polar surface area (TPSA) is 74.3 Å². The van der Waals surface area contributed by atoms with Crippen LogP contribution in [0.3, 0.4) is 0 Å². The molecule has 0 bridgehead atoms. The molecule has 1 saturated heterocycles. The maximum absolute atomic E-state index is 12.6. The monoisotopic (exact) mass is 352 g/mol. The molecule has 136 valence electrons. The lowest BCUT2D eigenvalue weighted by atomic mass is 10.0. The normalized spacial score (nSPS) is 16.8. The van der Waals surface area contributed by atoms with Gasteiger partial charge in [0.1, 0.15) is 5.82 Å². The predicted molar refractivity (Wildman–Crippen MR) is 104 cm³/mol. The number of nitrogens with zero attached hydrogens (tertiary/aromatic N) is 2. The number of hydrogen-bond acceptors (Lipinski definition) is 4. The minimum Gasteiger partial charge on any atom is -0.356 e. The molecule has 0 spiro atoms. The smallest absolute Gasteiger partial charge is 0.255 e. The van der Waals surface area contributed by atoms with Gasteiger partial charge in [0.15, 0.2) is 0 Å². The highest BCUT2D eigenvalue weighted by Gasteiger charge is 2.18. The highest BCUT2D eigenvalue weighted by atomic mass is 16.2. The molecular formula is C20H24N4O2. The molecule has 1 aromatic carbocycles. The Morgan fingerprint density at radius 3 is 2.65 bits per heavy atom. The first-order valence-corrected chi connectivity index (χ1v) is 8.91. The number of pyridine rings is 1. The zero-order valence-electron chi connectivity index (χ0n) is 15.2. The third-order valence-electron chi connectivity index (χ3n) is 4.43. The summed E-state index contributed by atoms with van der Waals surface area (Å²) in [5.74, 6) is 1.14. The molecule has 2 N–H and O–H groups in total. The molecule has 1 atom stereocenters. The molecule has 1 unspecified atom stereocenters. The molecular weight excluding hydrogens is 328 g/mol. The van der Waals surface area contributed by atoms with E-state index in [1.54, 1.807) is 36.5 Å². The number of nitrogens with one attached hydrogen (secondary N) is 2. The van der Waals surface area contributed by atoms with Crippen molar-refractivity contribution < 1.29 is 9.59 Å². The van der Waals surface area contributed by atoms with Crippen molar-refractivity contribution in [1.29, 1.82) is 0 Å². The summed E-state index contributed by atoms with van der Waals surface area (Å²) in [5, 5.41) is 5.58. The number of rotatable bonds is 4. The van der Waals surface area contributed by atoms with Gasteiger partial charge in [-0.2, -0.15) is 0 Å². The highest BCUT2D eigenvalue weighted by molar-refractivity contribution is 6.05. The first-order valence-electron chi connectivity index (χ1n) is 8.91. The molecule has 2 amide bonds. The van der Waals surface area contributed by atoms with Gasteiger partial charge in [-0.05, 0) is 49.1 Å². The average Bonchev–Trinajstić information content (AvgIpc) is 2.61. The van der Waals surface area contributed by atoms with Gasteiger partial charge in [-0.15, -0.1) is 0 Å². The fourth-order valence-electron chi connectivity index (χ4n) is 3.21. The van der Waals surface area contributed by atoms with Crippen LogP contribution >= 0.6 is 0 Å². The van der Waals surface area contributed by atoms with Gasteiger partial charge in [-0.25, -0.2) is 4.98 Å². The van der Waals surface area contributed by atoms with Crippen molar-refractivity contribution in [3.05, 3.63) is 48.2 Å². The second-order valence-electron chi connectivity index (χ2n) is 6.81. The third kappa shape index (κ3) is 4.59. The summed E-state index contributed by atoms with van der Waals surface area (Å²) >= 11 is 0. The molecule has 1 aliphatic rings. The number of piperidine rings is 1. The van der Waals surface area contributed by atoms with Crippen LogP contribution in [0, 0.1) is 5.92 Å². The molecule has 2 aromatic rings. The van der Waals surface area contributed by atoms with Crippen molar-refractivity contribution in [2.24, 2.45) is 5.92 Å². The number of aromatic nitrogens is 1. The molecule has 1 aromatic heterocycles. The van der Waals surface area contributed by atoms with Gasteiger partial charge < -0.3 is 15.5 Å².